The van der Waals surface area contributed by atoms with Crippen molar-refractivity contribution in [1.82, 2.24) is 10.6 Å². The van der Waals surface area contributed by atoms with E-state index >= 15 is 0 Å². The molecular weight excluding hydrogens is 295 g/mol. The molecule has 7 heteroatoms. The second-order valence-corrected chi connectivity index (χ2v) is 5.55. The Morgan fingerprint density at radius 1 is 1.29 bits per heavy atom. The minimum Gasteiger partial charge on any atom is -0.480 e. The molecule has 5 nitrogen and oxygen atoms in total. The minimum absolute atomic E-state index is 0.347. The summed E-state index contributed by atoms with van der Waals surface area (Å²) in [5.41, 5.74) is 0.738. The van der Waals surface area contributed by atoms with Gasteiger partial charge in [0.1, 0.15) is 11.9 Å². The van der Waals surface area contributed by atoms with Gasteiger partial charge >= 0.3 is 12.0 Å². The number of benzene rings is 1. The van der Waals surface area contributed by atoms with Crippen LogP contribution in [-0.2, 0) is 4.79 Å². The van der Waals surface area contributed by atoms with Gasteiger partial charge in [0.25, 0.3) is 0 Å². The first kappa shape index (κ1) is 17.3. The number of aliphatic carboxylic acids is 1. The van der Waals surface area contributed by atoms with E-state index in [0.717, 1.165) is 5.56 Å². The van der Waals surface area contributed by atoms with E-state index in [-0.39, 0.29) is 11.9 Å². The van der Waals surface area contributed by atoms with Crippen LogP contribution >= 0.6 is 11.8 Å². The van der Waals surface area contributed by atoms with Crippen LogP contribution in [0.15, 0.2) is 24.3 Å². The van der Waals surface area contributed by atoms with E-state index in [1.807, 2.05) is 6.26 Å². The molecule has 1 unspecified atom stereocenters. The predicted molar refractivity (Wildman–Crippen MR) is 80.9 cm³/mol. The van der Waals surface area contributed by atoms with Crippen LogP contribution in [0.1, 0.15) is 24.9 Å². The lowest BCUT2D eigenvalue weighted by Crippen LogP contribution is -2.46. The molecule has 0 aliphatic carbocycles. The Balaban J connectivity index is 2.54. The zero-order valence-electron chi connectivity index (χ0n) is 11.9. The van der Waals surface area contributed by atoms with Gasteiger partial charge in [-0.3, -0.25) is 0 Å². The summed E-state index contributed by atoms with van der Waals surface area (Å²) in [5, 5.41) is 14.1. The van der Waals surface area contributed by atoms with Crippen molar-refractivity contribution < 1.29 is 19.1 Å². The van der Waals surface area contributed by atoms with Crippen LogP contribution in [0.3, 0.4) is 0 Å². The molecule has 0 aliphatic rings. The maximum atomic E-state index is 12.8. The highest BCUT2D eigenvalue weighted by Crippen LogP contribution is 2.12. The number of rotatable bonds is 7. The molecule has 0 radical (unpaired) electrons. The Hall–Kier alpha value is -1.76. The molecule has 0 saturated carbocycles. The Labute approximate surface area is 127 Å². The number of hydrogen-bond donors (Lipinski definition) is 3. The van der Waals surface area contributed by atoms with E-state index < -0.39 is 18.0 Å². The van der Waals surface area contributed by atoms with Gasteiger partial charge in [-0.2, -0.15) is 11.8 Å². The van der Waals surface area contributed by atoms with Gasteiger partial charge in [-0.1, -0.05) is 12.1 Å². The molecular formula is C14H19FN2O3S. The van der Waals surface area contributed by atoms with Gasteiger partial charge in [0.2, 0.25) is 0 Å². The zero-order valence-corrected chi connectivity index (χ0v) is 12.7. The van der Waals surface area contributed by atoms with E-state index in [0.29, 0.717) is 12.2 Å². The maximum absolute atomic E-state index is 12.8. The van der Waals surface area contributed by atoms with Crippen LogP contribution in [-0.4, -0.2) is 35.2 Å². The van der Waals surface area contributed by atoms with Crippen molar-refractivity contribution in [2.75, 3.05) is 12.0 Å². The molecule has 0 aromatic heterocycles. The fourth-order valence-electron chi connectivity index (χ4n) is 1.72. The summed E-state index contributed by atoms with van der Waals surface area (Å²) in [6.07, 6.45) is 2.23. The van der Waals surface area contributed by atoms with Crippen molar-refractivity contribution in [1.29, 1.82) is 0 Å². The molecule has 3 N–H and O–H groups in total. The zero-order chi connectivity index (χ0) is 15.8. The number of urea groups is 1. The van der Waals surface area contributed by atoms with Gasteiger partial charge in [-0.15, -0.1) is 0 Å². The van der Waals surface area contributed by atoms with Crippen LogP contribution in [0.2, 0.25) is 0 Å². The van der Waals surface area contributed by atoms with Gasteiger partial charge in [-0.25, -0.2) is 14.0 Å². The van der Waals surface area contributed by atoms with E-state index in [2.05, 4.69) is 10.6 Å². The number of thioether (sulfide) groups is 1. The number of carboxylic acid groups (broad SMARTS) is 1. The summed E-state index contributed by atoms with van der Waals surface area (Å²) >= 11 is 1.52. The molecule has 0 spiro atoms. The monoisotopic (exact) mass is 314 g/mol. The summed E-state index contributed by atoms with van der Waals surface area (Å²) < 4.78 is 12.8. The summed E-state index contributed by atoms with van der Waals surface area (Å²) in [6.45, 7) is 1.74. The lowest BCUT2D eigenvalue weighted by atomic mass is 10.1. The molecule has 2 atom stereocenters. The fourth-order valence-corrected chi connectivity index (χ4v) is 2.20. The molecule has 1 aromatic carbocycles. The van der Waals surface area contributed by atoms with Crippen molar-refractivity contribution in [3.63, 3.8) is 0 Å². The lowest BCUT2D eigenvalue weighted by molar-refractivity contribution is -0.139. The maximum Gasteiger partial charge on any atom is 0.326 e. The third-order valence-corrected chi connectivity index (χ3v) is 3.58. The summed E-state index contributed by atoms with van der Waals surface area (Å²) in [4.78, 5) is 22.8. The predicted octanol–water partition coefficient (Wildman–Crippen LogP) is 2.39. The highest BCUT2D eigenvalue weighted by molar-refractivity contribution is 7.98. The van der Waals surface area contributed by atoms with Crippen LogP contribution in [0.25, 0.3) is 0 Å². The molecule has 0 bridgehead atoms. The van der Waals surface area contributed by atoms with Crippen molar-refractivity contribution in [3.8, 4) is 0 Å². The molecule has 1 rings (SSSR count). The summed E-state index contributed by atoms with van der Waals surface area (Å²) in [5.74, 6) is -0.767. The number of hydrogen-bond acceptors (Lipinski definition) is 3. The molecule has 0 fully saturated rings. The Morgan fingerprint density at radius 3 is 2.43 bits per heavy atom. The summed E-state index contributed by atoms with van der Waals surface area (Å²) in [7, 11) is 0. The van der Waals surface area contributed by atoms with Crippen molar-refractivity contribution >= 4 is 23.8 Å². The largest absolute Gasteiger partial charge is 0.480 e. The molecule has 116 valence electrons. The normalized spacial score (nSPS) is 13.3. The van der Waals surface area contributed by atoms with E-state index in [1.165, 1.54) is 23.9 Å². The topological polar surface area (TPSA) is 78.4 Å². The molecule has 0 aliphatic heterocycles. The van der Waals surface area contributed by atoms with Gasteiger partial charge in [0.05, 0.1) is 6.04 Å². The van der Waals surface area contributed by atoms with Crippen molar-refractivity contribution in [3.05, 3.63) is 35.6 Å². The second-order valence-electron chi connectivity index (χ2n) is 4.56. The SMILES string of the molecule is CSCC[C@H](NC(=O)NC(C)c1ccc(F)cc1)C(=O)O. The second kappa shape index (κ2) is 8.51. The first-order chi connectivity index (χ1) is 9.93. The van der Waals surface area contributed by atoms with Crippen LogP contribution in [0.5, 0.6) is 0 Å². The first-order valence-corrected chi connectivity index (χ1v) is 7.87. The van der Waals surface area contributed by atoms with Crippen molar-refractivity contribution in [2.24, 2.45) is 0 Å². The number of nitrogens with one attached hydrogen (secondary N) is 2. The number of halogens is 1. The Kier molecular flexibility index (Phi) is 7.01. The summed E-state index contributed by atoms with van der Waals surface area (Å²) in [6, 6.07) is 3.94. The van der Waals surface area contributed by atoms with E-state index in [9.17, 15) is 14.0 Å². The first-order valence-electron chi connectivity index (χ1n) is 6.48. The third-order valence-electron chi connectivity index (χ3n) is 2.93. The molecule has 2 amide bonds. The standard InChI is InChI=1S/C14H19FN2O3S/c1-9(10-3-5-11(15)6-4-10)16-14(20)17-12(13(18)19)7-8-21-2/h3-6,9,12H,7-8H2,1-2H3,(H,18,19)(H2,16,17,20)/t9?,12-/m0/s1. The highest BCUT2D eigenvalue weighted by Gasteiger charge is 2.20. The van der Waals surface area contributed by atoms with Gasteiger partial charge in [0.15, 0.2) is 0 Å². The average molecular weight is 314 g/mol. The van der Waals surface area contributed by atoms with Crippen LogP contribution in [0.4, 0.5) is 9.18 Å². The lowest BCUT2D eigenvalue weighted by Gasteiger charge is -2.18. The fraction of sp³-hybridized carbons (Fsp3) is 0.429. The van der Waals surface area contributed by atoms with Gasteiger partial charge in [0, 0.05) is 0 Å². The Morgan fingerprint density at radius 2 is 1.90 bits per heavy atom. The molecule has 1 aromatic rings. The van der Waals surface area contributed by atoms with Crippen LogP contribution < -0.4 is 10.6 Å². The minimum atomic E-state index is -1.06. The Bertz CT molecular complexity index is 482. The molecule has 0 heterocycles. The number of carboxylic acids is 1. The average Bonchev–Trinajstić information content (AvgIpc) is 2.43. The molecule has 21 heavy (non-hydrogen) atoms. The quantitative estimate of drug-likeness (QED) is 0.722. The number of amides is 2. The van der Waals surface area contributed by atoms with E-state index in [1.54, 1.807) is 19.1 Å². The smallest absolute Gasteiger partial charge is 0.326 e. The third kappa shape index (κ3) is 6.03. The van der Waals surface area contributed by atoms with Gasteiger partial charge in [-0.05, 0) is 43.0 Å². The van der Waals surface area contributed by atoms with Crippen LogP contribution in [0, 0.1) is 5.82 Å². The van der Waals surface area contributed by atoms with E-state index in [4.69, 9.17) is 5.11 Å². The van der Waals surface area contributed by atoms with Crippen molar-refractivity contribution in [2.45, 2.75) is 25.4 Å². The number of carbonyl (C=O) groups is 2. The molecule has 0 saturated heterocycles. The highest BCUT2D eigenvalue weighted by atomic mass is 32.2. The number of carbonyl (C=O) groups excluding carboxylic acids is 1. The van der Waals surface area contributed by atoms with Gasteiger partial charge < -0.3 is 15.7 Å².